The van der Waals surface area contributed by atoms with E-state index in [2.05, 4.69) is 34.1 Å². The first-order valence-electron chi connectivity index (χ1n) is 8.69. The molecule has 0 aliphatic heterocycles. The van der Waals surface area contributed by atoms with Crippen LogP contribution in [0.25, 0.3) is 10.9 Å². The molecule has 0 spiro atoms. The number of H-pyrrole nitrogens is 1. The van der Waals surface area contributed by atoms with Gasteiger partial charge >= 0.3 is 5.97 Å². The summed E-state index contributed by atoms with van der Waals surface area (Å²) in [5.41, 5.74) is 11.1. The van der Waals surface area contributed by atoms with Crippen molar-refractivity contribution in [2.24, 2.45) is 5.73 Å². The lowest BCUT2D eigenvalue weighted by Crippen LogP contribution is -2.26. The lowest BCUT2D eigenvalue weighted by Gasteiger charge is -2.15. The summed E-state index contributed by atoms with van der Waals surface area (Å²) in [6, 6.07) is 16.2. The van der Waals surface area contributed by atoms with Crippen LogP contribution < -0.4 is 10.6 Å². The number of aromatic amines is 1. The minimum absolute atomic E-state index is 0.0946. The zero-order valence-electron chi connectivity index (χ0n) is 15.5. The highest BCUT2D eigenvalue weighted by Gasteiger charge is 2.20. The van der Waals surface area contributed by atoms with Gasteiger partial charge in [-0.2, -0.15) is 0 Å². The van der Waals surface area contributed by atoms with E-state index < -0.39 is 0 Å². The normalized spacial score (nSPS) is 12.2. The number of methoxy groups -OCH3 is 1. The molecule has 3 aromatic rings. The van der Waals surface area contributed by atoms with Crippen molar-refractivity contribution in [3.63, 3.8) is 0 Å². The second-order valence-electron chi connectivity index (χ2n) is 6.74. The lowest BCUT2D eigenvalue weighted by molar-refractivity contribution is 0.0594. The fourth-order valence-corrected chi connectivity index (χ4v) is 3.26. The molecule has 3 N–H and O–H groups in total. The molecule has 5 nitrogen and oxygen atoms in total. The highest BCUT2D eigenvalue weighted by atomic mass is 16.5. The Bertz CT molecular complexity index is 897. The summed E-state index contributed by atoms with van der Waals surface area (Å²) in [6.07, 6.45) is 1.34. The number of rotatable bonds is 6. The molecule has 1 unspecified atom stereocenters. The molecule has 0 radical (unpaired) electrons. The Morgan fingerprint density at radius 3 is 2.46 bits per heavy atom. The van der Waals surface area contributed by atoms with Crippen molar-refractivity contribution >= 4 is 22.6 Å². The van der Waals surface area contributed by atoms with Gasteiger partial charge in [0, 0.05) is 36.7 Å². The topological polar surface area (TPSA) is 71.3 Å². The van der Waals surface area contributed by atoms with E-state index in [9.17, 15) is 4.79 Å². The van der Waals surface area contributed by atoms with Crippen LogP contribution >= 0.6 is 0 Å². The predicted molar refractivity (Wildman–Crippen MR) is 106 cm³/mol. The predicted octanol–water partition coefficient (Wildman–Crippen LogP) is 3.13. The number of hydrogen-bond donors (Lipinski definition) is 2. The molecule has 3 rings (SSSR count). The number of anilines is 1. The molecule has 0 aliphatic carbocycles. The molecule has 0 amide bonds. The van der Waals surface area contributed by atoms with Crippen molar-refractivity contribution < 1.29 is 9.53 Å². The summed E-state index contributed by atoms with van der Waals surface area (Å²) in [7, 11) is 5.43. The van der Waals surface area contributed by atoms with Crippen molar-refractivity contribution in [1.82, 2.24) is 4.98 Å². The average Bonchev–Trinajstić information content (AvgIpc) is 3.00. The lowest BCUT2D eigenvalue weighted by atomic mass is 9.97. The van der Waals surface area contributed by atoms with E-state index in [1.807, 2.05) is 38.4 Å². The maximum atomic E-state index is 12.1. The van der Waals surface area contributed by atoms with Crippen LogP contribution in [0.15, 0.2) is 48.5 Å². The van der Waals surface area contributed by atoms with Crippen LogP contribution in [0.3, 0.4) is 0 Å². The number of fused-ring (bicyclic) bond motifs is 1. The number of aromatic nitrogens is 1. The summed E-state index contributed by atoms with van der Waals surface area (Å²) in [5, 5.41) is 1.02. The highest BCUT2D eigenvalue weighted by molar-refractivity contribution is 5.98. The van der Waals surface area contributed by atoms with Gasteiger partial charge in [0.15, 0.2) is 0 Å². The number of carbonyl (C=O) groups is 1. The minimum Gasteiger partial charge on any atom is -0.464 e. The molecular weight excluding hydrogens is 326 g/mol. The number of benzene rings is 2. The van der Waals surface area contributed by atoms with Gasteiger partial charge in [-0.25, -0.2) is 4.79 Å². The summed E-state index contributed by atoms with van der Waals surface area (Å²) < 4.78 is 4.93. The number of hydrogen-bond acceptors (Lipinski definition) is 4. The third-order valence-electron chi connectivity index (χ3n) is 4.62. The molecule has 0 fully saturated rings. The number of nitrogens with zero attached hydrogens (tertiary/aromatic N) is 1. The summed E-state index contributed by atoms with van der Waals surface area (Å²) in [5.74, 6) is -0.362. The zero-order chi connectivity index (χ0) is 18.7. The molecule has 0 saturated heterocycles. The molecule has 2 aromatic carbocycles. The molecule has 0 aliphatic rings. The van der Waals surface area contributed by atoms with E-state index in [1.165, 1.54) is 12.7 Å². The van der Waals surface area contributed by atoms with Gasteiger partial charge in [-0.15, -0.1) is 0 Å². The first-order valence-corrected chi connectivity index (χ1v) is 8.69. The largest absolute Gasteiger partial charge is 0.464 e. The number of para-hydroxylation sites is 1. The van der Waals surface area contributed by atoms with Gasteiger partial charge in [-0.3, -0.25) is 0 Å². The van der Waals surface area contributed by atoms with Crippen molar-refractivity contribution in [2.45, 2.75) is 18.9 Å². The first kappa shape index (κ1) is 18.0. The van der Waals surface area contributed by atoms with Gasteiger partial charge < -0.3 is 20.4 Å². The fourth-order valence-electron chi connectivity index (χ4n) is 3.26. The van der Waals surface area contributed by atoms with Crippen molar-refractivity contribution in [3.8, 4) is 0 Å². The zero-order valence-corrected chi connectivity index (χ0v) is 15.5. The molecule has 1 aromatic heterocycles. The molecule has 0 bridgehead atoms. The second-order valence-corrected chi connectivity index (χ2v) is 6.74. The van der Waals surface area contributed by atoms with Gasteiger partial charge in [0.25, 0.3) is 0 Å². The van der Waals surface area contributed by atoms with Crippen LogP contribution in [0.4, 0.5) is 5.69 Å². The monoisotopic (exact) mass is 351 g/mol. The van der Waals surface area contributed by atoms with Gasteiger partial charge in [0.2, 0.25) is 0 Å². The molecule has 26 heavy (non-hydrogen) atoms. The van der Waals surface area contributed by atoms with Crippen LogP contribution in [-0.2, 0) is 17.6 Å². The first-order chi connectivity index (χ1) is 12.5. The standard InChI is InChI=1S/C21H25N3O2/c1-24(2)16-10-8-14(9-11-16)12-15(22)13-18-17-6-4-5-7-19(17)23-20(18)21(25)26-3/h4-11,15,23H,12-13,22H2,1-3H3. The minimum atomic E-state index is -0.362. The van der Waals surface area contributed by atoms with Gasteiger partial charge in [0.05, 0.1) is 7.11 Å². The van der Waals surface area contributed by atoms with Crippen LogP contribution in [0, 0.1) is 0 Å². The maximum Gasteiger partial charge on any atom is 0.354 e. The van der Waals surface area contributed by atoms with Crippen molar-refractivity contribution in [3.05, 3.63) is 65.4 Å². The fraction of sp³-hybridized carbons (Fsp3) is 0.286. The van der Waals surface area contributed by atoms with Crippen molar-refractivity contribution in [1.29, 1.82) is 0 Å². The Kier molecular flexibility index (Phi) is 5.28. The van der Waals surface area contributed by atoms with E-state index in [4.69, 9.17) is 10.5 Å². The van der Waals surface area contributed by atoms with E-state index in [1.54, 1.807) is 0 Å². The Labute approximate surface area is 153 Å². The SMILES string of the molecule is COC(=O)c1[nH]c2ccccc2c1CC(N)Cc1ccc(N(C)C)cc1. The molecule has 136 valence electrons. The van der Waals surface area contributed by atoms with E-state index in [0.717, 1.165) is 28.6 Å². The van der Waals surface area contributed by atoms with Gasteiger partial charge in [0.1, 0.15) is 5.69 Å². The van der Waals surface area contributed by atoms with Crippen LogP contribution in [0.2, 0.25) is 0 Å². The number of nitrogens with one attached hydrogen (secondary N) is 1. The summed E-state index contributed by atoms with van der Waals surface area (Å²) >= 11 is 0. The smallest absolute Gasteiger partial charge is 0.354 e. The Balaban J connectivity index is 1.82. The van der Waals surface area contributed by atoms with E-state index in [-0.39, 0.29) is 12.0 Å². The third-order valence-corrected chi connectivity index (χ3v) is 4.62. The maximum absolute atomic E-state index is 12.1. The van der Waals surface area contributed by atoms with Crippen LogP contribution in [-0.4, -0.2) is 38.2 Å². The van der Waals surface area contributed by atoms with Gasteiger partial charge in [-0.1, -0.05) is 30.3 Å². The molecule has 5 heteroatoms. The Morgan fingerprint density at radius 2 is 1.81 bits per heavy atom. The number of esters is 1. The second kappa shape index (κ2) is 7.62. The van der Waals surface area contributed by atoms with Gasteiger partial charge in [-0.05, 0) is 42.2 Å². The van der Waals surface area contributed by atoms with Crippen molar-refractivity contribution in [2.75, 3.05) is 26.1 Å². The number of nitrogens with two attached hydrogens (primary N) is 1. The summed E-state index contributed by atoms with van der Waals surface area (Å²) in [4.78, 5) is 17.4. The molecule has 1 heterocycles. The third kappa shape index (κ3) is 3.73. The number of ether oxygens (including phenoxy) is 1. The van der Waals surface area contributed by atoms with E-state index in [0.29, 0.717) is 12.1 Å². The molecular formula is C21H25N3O2. The molecule has 1 atom stereocenters. The summed E-state index contributed by atoms with van der Waals surface area (Å²) in [6.45, 7) is 0. The van der Waals surface area contributed by atoms with E-state index >= 15 is 0 Å². The van der Waals surface area contributed by atoms with Crippen LogP contribution in [0.5, 0.6) is 0 Å². The highest BCUT2D eigenvalue weighted by Crippen LogP contribution is 2.25. The average molecular weight is 351 g/mol. The quantitative estimate of drug-likeness (QED) is 0.669. The Hall–Kier alpha value is -2.79. The number of carbonyl (C=O) groups excluding carboxylic acids is 1. The van der Waals surface area contributed by atoms with Crippen LogP contribution in [0.1, 0.15) is 21.6 Å². The Morgan fingerprint density at radius 1 is 1.12 bits per heavy atom. The molecule has 0 saturated carbocycles.